The molecule has 0 aliphatic rings. The van der Waals surface area contributed by atoms with Crippen LogP contribution >= 0.6 is 23.4 Å². The highest BCUT2D eigenvalue weighted by Gasteiger charge is 2.25. The predicted molar refractivity (Wildman–Crippen MR) is 103 cm³/mol. The molecule has 0 radical (unpaired) electrons. The smallest absolute Gasteiger partial charge is 0.343 e. The first-order chi connectivity index (χ1) is 12.5. The van der Waals surface area contributed by atoms with Crippen LogP contribution in [0.5, 0.6) is 0 Å². The van der Waals surface area contributed by atoms with Crippen molar-refractivity contribution in [2.75, 3.05) is 5.32 Å². The van der Waals surface area contributed by atoms with Crippen LogP contribution in [-0.4, -0.2) is 14.9 Å². The summed E-state index contributed by atoms with van der Waals surface area (Å²) in [7, 11) is 0. The third-order valence-electron chi connectivity index (χ3n) is 3.65. The Morgan fingerprint density at radius 1 is 1.12 bits per heavy atom. The molecule has 0 bridgehead atoms. The number of halogens is 1. The lowest BCUT2D eigenvalue weighted by molar-refractivity contribution is -0.387. The Morgan fingerprint density at radius 2 is 1.81 bits per heavy atom. The van der Waals surface area contributed by atoms with E-state index in [9.17, 15) is 10.1 Å². The summed E-state index contributed by atoms with van der Waals surface area (Å²) in [5, 5.41) is 15.6. The van der Waals surface area contributed by atoms with E-state index in [1.807, 2.05) is 37.3 Å². The predicted octanol–water partition coefficient (Wildman–Crippen LogP) is 5.36. The second kappa shape index (κ2) is 8.16. The van der Waals surface area contributed by atoms with E-state index >= 15 is 0 Å². The number of hydrogen-bond acceptors (Lipinski definition) is 6. The largest absolute Gasteiger partial charge is 0.358 e. The average Bonchev–Trinajstić information content (AvgIpc) is 2.64. The van der Waals surface area contributed by atoms with E-state index in [2.05, 4.69) is 15.3 Å². The monoisotopic (exact) mass is 386 g/mol. The fraction of sp³-hybridized carbons (Fsp3) is 0.111. The Kier molecular flexibility index (Phi) is 5.70. The molecule has 26 heavy (non-hydrogen) atoms. The maximum atomic E-state index is 11.7. The van der Waals surface area contributed by atoms with Crippen LogP contribution in [0.3, 0.4) is 0 Å². The van der Waals surface area contributed by atoms with Gasteiger partial charge < -0.3 is 5.32 Å². The summed E-state index contributed by atoms with van der Waals surface area (Å²) in [6.07, 6.45) is 1.32. The Labute approximate surface area is 159 Å². The fourth-order valence-electron chi connectivity index (χ4n) is 2.35. The van der Waals surface area contributed by atoms with Crippen LogP contribution in [0.25, 0.3) is 0 Å². The van der Waals surface area contributed by atoms with Gasteiger partial charge in [-0.05, 0) is 36.8 Å². The fourth-order valence-corrected chi connectivity index (χ4v) is 3.34. The van der Waals surface area contributed by atoms with E-state index in [-0.39, 0.29) is 22.6 Å². The number of rotatable bonds is 6. The van der Waals surface area contributed by atoms with Gasteiger partial charge in [-0.1, -0.05) is 53.7 Å². The van der Waals surface area contributed by atoms with Crippen molar-refractivity contribution in [3.63, 3.8) is 0 Å². The number of nitrogens with zero attached hydrogens (tertiary/aromatic N) is 3. The van der Waals surface area contributed by atoms with Gasteiger partial charge in [-0.25, -0.2) is 9.97 Å². The highest BCUT2D eigenvalue weighted by atomic mass is 35.5. The topological polar surface area (TPSA) is 81.0 Å². The molecule has 0 aliphatic heterocycles. The Hall–Kier alpha value is -2.64. The van der Waals surface area contributed by atoms with Crippen LogP contribution in [0.1, 0.15) is 18.5 Å². The molecule has 1 unspecified atom stereocenters. The van der Waals surface area contributed by atoms with Crippen molar-refractivity contribution in [3.8, 4) is 0 Å². The molecule has 1 heterocycles. The zero-order valence-electron chi connectivity index (χ0n) is 13.8. The first-order valence-electron chi connectivity index (χ1n) is 7.79. The molecule has 0 fully saturated rings. The van der Waals surface area contributed by atoms with Gasteiger partial charge in [-0.15, -0.1) is 0 Å². The molecule has 1 N–H and O–H groups in total. The average molecular weight is 387 g/mol. The molecule has 2 aromatic carbocycles. The lowest BCUT2D eigenvalue weighted by atomic mass is 10.1. The Balaban J connectivity index is 1.91. The highest BCUT2D eigenvalue weighted by molar-refractivity contribution is 7.99. The van der Waals surface area contributed by atoms with E-state index in [4.69, 9.17) is 11.6 Å². The molecular formula is C18H15ClN4O2S. The van der Waals surface area contributed by atoms with Crippen molar-refractivity contribution in [2.24, 2.45) is 0 Å². The highest BCUT2D eigenvalue weighted by Crippen LogP contribution is 2.37. The van der Waals surface area contributed by atoms with Crippen LogP contribution in [0.2, 0.25) is 5.02 Å². The van der Waals surface area contributed by atoms with Crippen LogP contribution in [-0.2, 0) is 0 Å². The van der Waals surface area contributed by atoms with Gasteiger partial charge in [0, 0.05) is 9.92 Å². The van der Waals surface area contributed by atoms with Gasteiger partial charge in [0.05, 0.1) is 11.0 Å². The molecule has 0 aliphatic carbocycles. The molecule has 3 rings (SSSR count). The lowest BCUT2D eigenvalue weighted by Crippen LogP contribution is -2.11. The first kappa shape index (κ1) is 18.2. The van der Waals surface area contributed by atoms with Crippen molar-refractivity contribution < 1.29 is 4.92 Å². The van der Waals surface area contributed by atoms with E-state index in [1.165, 1.54) is 18.1 Å². The van der Waals surface area contributed by atoms with Crippen LogP contribution in [0.4, 0.5) is 11.5 Å². The lowest BCUT2D eigenvalue weighted by Gasteiger charge is -2.15. The van der Waals surface area contributed by atoms with Gasteiger partial charge in [-0.3, -0.25) is 10.1 Å². The summed E-state index contributed by atoms with van der Waals surface area (Å²) < 4.78 is 0. The van der Waals surface area contributed by atoms with Crippen molar-refractivity contribution in [3.05, 3.63) is 81.6 Å². The van der Waals surface area contributed by atoms with Gasteiger partial charge in [0.2, 0.25) is 5.82 Å². The minimum Gasteiger partial charge on any atom is -0.358 e. The quantitative estimate of drug-likeness (QED) is 0.349. The Morgan fingerprint density at radius 3 is 2.46 bits per heavy atom. The minimum atomic E-state index is -0.460. The summed E-state index contributed by atoms with van der Waals surface area (Å²) in [4.78, 5) is 20.2. The van der Waals surface area contributed by atoms with Crippen LogP contribution in [0.15, 0.2) is 70.8 Å². The molecule has 8 heteroatoms. The van der Waals surface area contributed by atoms with E-state index < -0.39 is 4.92 Å². The summed E-state index contributed by atoms with van der Waals surface area (Å²) in [5.74, 6) is 0.192. The SMILES string of the molecule is CC(Nc1ncnc(Sc2ccc(Cl)cc2)c1[N+](=O)[O-])c1ccccc1. The molecule has 1 atom stereocenters. The molecule has 0 amide bonds. The second-order valence-corrected chi connectivity index (χ2v) is 6.96. The molecule has 0 spiro atoms. The number of aromatic nitrogens is 2. The zero-order valence-corrected chi connectivity index (χ0v) is 15.4. The molecule has 1 aromatic heterocycles. The summed E-state index contributed by atoms with van der Waals surface area (Å²) in [6, 6.07) is 16.6. The van der Waals surface area contributed by atoms with Crippen molar-refractivity contribution in [1.29, 1.82) is 0 Å². The number of hydrogen-bond donors (Lipinski definition) is 1. The minimum absolute atomic E-state index is 0.141. The zero-order chi connectivity index (χ0) is 18.5. The van der Waals surface area contributed by atoms with Gasteiger partial charge in [0.15, 0.2) is 5.03 Å². The van der Waals surface area contributed by atoms with Crippen molar-refractivity contribution in [1.82, 2.24) is 9.97 Å². The number of nitro groups is 1. The molecule has 132 valence electrons. The molecule has 6 nitrogen and oxygen atoms in total. The van der Waals surface area contributed by atoms with Crippen LogP contribution < -0.4 is 5.32 Å². The summed E-state index contributed by atoms with van der Waals surface area (Å²) >= 11 is 7.08. The van der Waals surface area contributed by atoms with Gasteiger partial charge >= 0.3 is 5.69 Å². The molecule has 0 saturated carbocycles. The van der Waals surface area contributed by atoms with Crippen LogP contribution in [0, 0.1) is 10.1 Å². The summed E-state index contributed by atoms with van der Waals surface area (Å²) in [6.45, 7) is 1.92. The maximum absolute atomic E-state index is 11.7. The molecule has 0 saturated heterocycles. The standard InChI is InChI=1S/C18H15ClN4O2S/c1-12(13-5-3-2-4-6-13)22-17-16(23(24)25)18(21-11-20-17)26-15-9-7-14(19)8-10-15/h2-12H,1H3,(H,20,21,22). The molecular weight excluding hydrogens is 372 g/mol. The van der Waals surface area contributed by atoms with E-state index in [1.54, 1.807) is 24.3 Å². The second-order valence-electron chi connectivity index (χ2n) is 5.47. The van der Waals surface area contributed by atoms with Gasteiger partial charge in [-0.2, -0.15) is 0 Å². The first-order valence-corrected chi connectivity index (χ1v) is 8.98. The van der Waals surface area contributed by atoms with Gasteiger partial charge in [0.1, 0.15) is 6.33 Å². The number of nitrogens with one attached hydrogen (secondary N) is 1. The van der Waals surface area contributed by atoms with E-state index in [0.29, 0.717) is 5.02 Å². The summed E-state index contributed by atoms with van der Waals surface area (Å²) in [5.41, 5.74) is 0.863. The Bertz CT molecular complexity index is 907. The third-order valence-corrected chi connectivity index (χ3v) is 4.90. The molecule has 3 aromatic rings. The number of anilines is 1. The van der Waals surface area contributed by atoms with Crippen molar-refractivity contribution >= 4 is 34.9 Å². The van der Waals surface area contributed by atoms with E-state index in [0.717, 1.165) is 10.5 Å². The third kappa shape index (κ3) is 4.30. The normalized spacial score (nSPS) is 11.8. The van der Waals surface area contributed by atoms with Gasteiger partial charge in [0.25, 0.3) is 0 Å². The van der Waals surface area contributed by atoms with Crippen molar-refractivity contribution in [2.45, 2.75) is 22.9 Å². The number of benzene rings is 2. The maximum Gasteiger partial charge on any atom is 0.343 e.